The quantitative estimate of drug-likeness (QED) is 0.409. The van der Waals surface area contributed by atoms with E-state index >= 15 is 0 Å². The van der Waals surface area contributed by atoms with E-state index in [1.54, 1.807) is 43.3 Å². The highest BCUT2D eigenvalue weighted by Crippen LogP contribution is 2.26. The topological polar surface area (TPSA) is 86.8 Å². The summed E-state index contributed by atoms with van der Waals surface area (Å²) in [7, 11) is -4.12. The zero-order chi connectivity index (χ0) is 28.0. The number of hydrogen-bond acceptors (Lipinski definition) is 4. The first kappa shape index (κ1) is 28.8. The maximum absolute atomic E-state index is 13.8. The number of sulfonamides is 1. The predicted octanol–water partition coefficient (Wildman–Crippen LogP) is 4.58. The number of rotatable bonds is 10. The minimum absolute atomic E-state index is 0.00204. The van der Waals surface area contributed by atoms with Crippen LogP contribution in [0.2, 0.25) is 0 Å². The van der Waals surface area contributed by atoms with Crippen molar-refractivity contribution >= 4 is 27.5 Å². The van der Waals surface area contributed by atoms with Crippen LogP contribution in [0.25, 0.3) is 0 Å². The number of nitrogens with one attached hydrogen (secondary N) is 1. The van der Waals surface area contributed by atoms with Crippen molar-refractivity contribution in [3.63, 3.8) is 0 Å². The Kier molecular flexibility index (Phi) is 9.27. The van der Waals surface area contributed by atoms with Crippen LogP contribution in [0.4, 0.5) is 10.1 Å². The first-order valence-electron chi connectivity index (χ1n) is 12.4. The van der Waals surface area contributed by atoms with Gasteiger partial charge in [-0.15, -0.1) is 0 Å². The largest absolute Gasteiger partial charge is 0.352 e. The van der Waals surface area contributed by atoms with Crippen molar-refractivity contribution < 1.29 is 22.4 Å². The molecule has 0 aliphatic rings. The molecular weight excluding hydrogens is 505 g/mol. The minimum atomic E-state index is -4.12. The lowest BCUT2D eigenvalue weighted by Crippen LogP contribution is -2.52. The highest BCUT2D eigenvalue weighted by atomic mass is 32.2. The molecule has 0 saturated heterocycles. The summed E-state index contributed by atoms with van der Waals surface area (Å²) in [5.74, 6) is -1.37. The Labute approximate surface area is 224 Å². The van der Waals surface area contributed by atoms with E-state index < -0.39 is 34.3 Å². The second-order valence-electron chi connectivity index (χ2n) is 9.58. The molecule has 38 heavy (non-hydrogen) atoms. The van der Waals surface area contributed by atoms with E-state index in [2.05, 4.69) is 5.32 Å². The van der Waals surface area contributed by atoms with Crippen molar-refractivity contribution in [1.82, 2.24) is 10.2 Å². The highest BCUT2D eigenvalue weighted by Gasteiger charge is 2.32. The Balaban J connectivity index is 2.04. The van der Waals surface area contributed by atoms with E-state index in [0.29, 0.717) is 11.3 Å². The zero-order valence-corrected chi connectivity index (χ0v) is 23.1. The lowest BCUT2D eigenvalue weighted by Gasteiger charge is -2.32. The number of benzene rings is 3. The molecular formula is C29H34FN3O4S. The summed E-state index contributed by atoms with van der Waals surface area (Å²) in [6, 6.07) is 17.6. The van der Waals surface area contributed by atoms with Crippen LogP contribution >= 0.6 is 0 Å². The van der Waals surface area contributed by atoms with Gasteiger partial charge in [0.25, 0.3) is 10.0 Å². The summed E-state index contributed by atoms with van der Waals surface area (Å²) in [5, 5.41) is 2.80. The number of carbonyl (C=O) groups is 2. The third-order valence-electron chi connectivity index (χ3n) is 6.25. The highest BCUT2D eigenvalue weighted by molar-refractivity contribution is 7.92. The Morgan fingerprint density at radius 3 is 2.11 bits per heavy atom. The third kappa shape index (κ3) is 6.98. The van der Waals surface area contributed by atoms with E-state index in [9.17, 15) is 22.4 Å². The number of anilines is 1. The predicted molar refractivity (Wildman–Crippen MR) is 147 cm³/mol. The van der Waals surface area contributed by atoms with Gasteiger partial charge in [-0.2, -0.15) is 0 Å². The Bertz CT molecular complexity index is 1380. The number of hydrogen-bond donors (Lipinski definition) is 1. The standard InChI is InChI=1S/C29H34FN3O4S/c1-20(2)31-29(35)23(5)32(18-24-12-14-25(30)15-13-24)28(34)19-33(26-16-11-21(3)22(4)17-26)38(36,37)27-9-7-6-8-10-27/h6-17,20,23H,18-19H2,1-5H3,(H,31,35)/t23-/m0/s1. The molecule has 0 spiro atoms. The molecule has 7 nitrogen and oxygen atoms in total. The van der Waals surface area contributed by atoms with Crippen LogP contribution in [0.1, 0.15) is 37.5 Å². The van der Waals surface area contributed by atoms with Gasteiger partial charge in [-0.3, -0.25) is 13.9 Å². The summed E-state index contributed by atoms with van der Waals surface area (Å²) >= 11 is 0. The van der Waals surface area contributed by atoms with Gasteiger partial charge in [-0.1, -0.05) is 36.4 Å². The van der Waals surface area contributed by atoms with Crippen LogP contribution in [0.15, 0.2) is 77.7 Å². The molecule has 202 valence electrons. The monoisotopic (exact) mass is 539 g/mol. The van der Waals surface area contributed by atoms with Crippen LogP contribution in [0.5, 0.6) is 0 Å². The zero-order valence-electron chi connectivity index (χ0n) is 22.3. The van der Waals surface area contributed by atoms with Crippen molar-refractivity contribution in [3.8, 4) is 0 Å². The molecule has 0 saturated carbocycles. The van der Waals surface area contributed by atoms with Crippen molar-refractivity contribution in [2.75, 3.05) is 10.8 Å². The maximum atomic E-state index is 13.8. The average molecular weight is 540 g/mol. The average Bonchev–Trinajstić information content (AvgIpc) is 2.88. The number of aryl methyl sites for hydroxylation is 2. The van der Waals surface area contributed by atoms with E-state index in [-0.39, 0.29) is 23.4 Å². The van der Waals surface area contributed by atoms with Crippen molar-refractivity contribution in [3.05, 3.63) is 95.3 Å². The van der Waals surface area contributed by atoms with Gasteiger partial charge in [0.1, 0.15) is 18.4 Å². The fourth-order valence-electron chi connectivity index (χ4n) is 3.90. The molecule has 0 aliphatic carbocycles. The molecule has 3 aromatic rings. The molecule has 0 heterocycles. The molecule has 3 aromatic carbocycles. The first-order chi connectivity index (χ1) is 17.9. The summed E-state index contributed by atoms with van der Waals surface area (Å²) in [6.07, 6.45) is 0. The molecule has 0 radical (unpaired) electrons. The Morgan fingerprint density at radius 1 is 0.895 bits per heavy atom. The van der Waals surface area contributed by atoms with Gasteiger partial charge in [-0.05, 0) is 87.7 Å². The van der Waals surface area contributed by atoms with Crippen molar-refractivity contribution in [2.45, 2.75) is 58.1 Å². The van der Waals surface area contributed by atoms with Gasteiger partial charge >= 0.3 is 0 Å². The van der Waals surface area contributed by atoms with Gasteiger partial charge in [0.15, 0.2) is 0 Å². The van der Waals surface area contributed by atoms with E-state index in [1.165, 1.54) is 41.3 Å². The van der Waals surface area contributed by atoms with Crippen LogP contribution < -0.4 is 9.62 Å². The van der Waals surface area contributed by atoms with Crippen LogP contribution in [-0.4, -0.2) is 43.8 Å². The summed E-state index contributed by atoms with van der Waals surface area (Å²) in [4.78, 5) is 28.1. The Morgan fingerprint density at radius 2 is 1.53 bits per heavy atom. The third-order valence-corrected chi connectivity index (χ3v) is 8.04. The van der Waals surface area contributed by atoms with Crippen molar-refractivity contribution in [1.29, 1.82) is 0 Å². The maximum Gasteiger partial charge on any atom is 0.264 e. The fraction of sp³-hybridized carbons (Fsp3) is 0.310. The normalized spacial score (nSPS) is 12.2. The van der Waals surface area contributed by atoms with Gasteiger partial charge in [0.05, 0.1) is 10.6 Å². The van der Waals surface area contributed by atoms with Crippen LogP contribution in [0.3, 0.4) is 0 Å². The number of nitrogens with zero attached hydrogens (tertiary/aromatic N) is 2. The first-order valence-corrected chi connectivity index (χ1v) is 13.8. The summed E-state index contributed by atoms with van der Waals surface area (Å²) in [5.41, 5.74) is 2.80. The molecule has 0 aliphatic heterocycles. The minimum Gasteiger partial charge on any atom is -0.352 e. The van der Waals surface area contributed by atoms with Crippen molar-refractivity contribution in [2.24, 2.45) is 0 Å². The molecule has 0 bridgehead atoms. The molecule has 3 rings (SSSR count). The second kappa shape index (κ2) is 12.2. The fourth-order valence-corrected chi connectivity index (χ4v) is 5.33. The molecule has 1 atom stereocenters. The lowest BCUT2D eigenvalue weighted by atomic mass is 10.1. The van der Waals surface area contributed by atoms with Gasteiger partial charge in [-0.25, -0.2) is 12.8 Å². The van der Waals surface area contributed by atoms with E-state index in [0.717, 1.165) is 15.4 Å². The lowest BCUT2D eigenvalue weighted by molar-refractivity contribution is -0.139. The van der Waals surface area contributed by atoms with E-state index in [1.807, 2.05) is 27.7 Å². The number of amides is 2. The van der Waals surface area contributed by atoms with Crippen LogP contribution in [-0.2, 0) is 26.2 Å². The molecule has 0 unspecified atom stereocenters. The summed E-state index contributed by atoms with van der Waals surface area (Å²) in [6.45, 7) is 8.46. The number of halogens is 1. The Hall–Kier alpha value is -3.72. The molecule has 0 fully saturated rings. The van der Waals surface area contributed by atoms with E-state index in [4.69, 9.17) is 0 Å². The smallest absolute Gasteiger partial charge is 0.264 e. The van der Waals surface area contributed by atoms with Crippen LogP contribution in [0, 0.1) is 19.7 Å². The molecule has 0 aromatic heterocycles. The summed E-state index contributed by atoms with van der Waals surface area (Å²) < 4.78 is 42.1. The van der Waals surface area contributed by atoms with Gasteiger partial charge < -0.3 is 10.2 Å². The molecule has 1 N–H and O–H groups in total. The number of carbonyl (C=O) groups excluding carboxylic acids is 2. The SMILES string of the molecule is Cc1ccc(N(CC(=O)N(Cc2ccc(F)cc2)[C@@H](C)C(=O)NC(C)C)S(=O)(=O)c2ccccc2)cc1C. The van der Waals surface area contributed by atoms with Gasteiger partial charge in [0, 0.05) is 12.6 Å². The molecule has 2 amide bonds. The molecule has 9 heteroatoms. The van der Waals surface area contributed by atoms with Gasteiger partial charge in [0.2, 0.25) is 11.8 Å². The second-order valence-corrected chi connectivity index (χ2v) is 11.4.